The third-order valence-electron chi connectivity index (χ3n) is 3.47. The van der Waals surface area contributed by atoms with E-state index in [9.17, 15) is 4.79 Å². The Morgan fingerprint density at radius 3 is 2.79 bits per heavy atom. The lowest BCUT2D eigenvalue weighted by Gasteiger charge is -2.37. The van der Waals surface area contributed by atoms with E-state index >= 15 is 0 Å². The minimum absolute atomic E-state index is 0.200. The summed E-state index contributed by atoms with van der Waals surface area (Å²) in [5, 5.41) is 3.11. The van der Waals surface area contributed by atoms with Crippen molar-refractivity contribution in [3.63, 3.8) is 0 Å². The lowest BCUT2D eigenvalue weighted by Crippen LogP contribution is -2.47. The van der Waals surface area contributed by atoms with Gasteiger partial charge in [-0.05, 0) is 32.2 Å². The van der Waals surface area contributed by atoms with Gasteiger partial charge in [-0.3, -0.25) is 4.98 Å². The van der Waals surface area contributed by atoms with E-state index in [2.05, 4.69) is 10.3 Å². The average molecular weight is 264 g/mol. The molecule has 6 heteroatoms. The molecule has 6 nitrogen and oxygen atoms in total. The van der Waals surface area contributed by atoms with E-state index in [1.807, 2.05) is 26.1 Å². The third kappa shape index (κ3) is 2.18. The molecule has 102 valence electrons. The number of hydrogen-bond donors (Lipinski definition) is 2. The molecule has 2 N–H and O–H groups in total. The Bertz CT molecular complexity index is 637. The summed E-state index contributed by atoms with van der Waals surface area (Å²) in [6.45, 7) is 3.03. The molecule has 1 saturated heterocycles. The number of hydrogen-bond acceptors (Lipinski definition) is 5. The van der Waals surface area contributed by atoms with Crippen LogP contribution in [0.4, 0.5) is 0 Å². The first-order valence-electron chi connectivity index (χ1n) is 6.19. The molecule has 0 aliphatic carbocycles. The zero-order valence-corrected chi connectivity index (χ0v) is 10.9. The van der Waals surface area contributed by atoms with Gasteiger partial charge in [0.2, 0.25) is 0 Å². The molecular formula is C13H16N2O4. The number of aromatic amines is 1. The van der Waals surface area contributed by atoms with E-state index in [0.29, 0.717) is 24.3 Å². The fourth-order valence-electron chi connectivity index (χ4n) is 2.18. The maximum absolute atomic E-state index is 11.1. The van der Waals surface area contributed by atoms with Crippen LogP contribution in [0.3, 0.4) is 0 Å². The van der Waals surface area contributed by atoms with Gasteiger partial charge in [-0.1, -0.05) is 0 Å². The van der Waals surface area contributed by atoms with Crippen molar-refractivity contribution in [3.05, 3.63) is 34.3 Å². The largest absolute Gasteiger partial charge is 0.417 e. The Kier molecular flexibility index (Phi) is 2.93. The highest BCUT2D eigenvalue weighted by Gasteiger charge is 2.34. The van der Waals surface area contributed by atoms with Crippen molar-refractivity contribution in [1.29, 1.82) is 0 Å². The number of likely N-dealkylation sites (N-methyl/N-ethyl adjacent to an activating group) is 1. The van der Waals surface area contributed by atoms with Crippen molar-refractivity contribution in [1.82, 2.24) is 10.3 Å². The predicted molar refractivity (Wildman–Crippen MR) is 68.9 cm³/mol. The second kappa shape index (κ2) is 4.48. The molecule has 0 saturated carbocycles. The summed E-state index contributed by atoms with van der Waals surface area (Å²) in [5.41, 5.74) is 2.03. The van der Waals surface area contributed by atoms with Gasteiger partial charge < -0.3 is 19.2 Å². The monoisotopic (exact) mass is 264 g/mol. The Hall–Kier alpha value is -1.63. The summed E-state index contributed by atoms with van der Waals surface area (Å²) in [6.07, 6.45) is 0. The quantitative estimate of drug-likeness (QED) is 0.843. The molecule has 0 amide bonds. The summed E-state index contributed by atoms with van der Waals surface area (Å²) in [4.78, 5) is 13.8. The molecule has 2 heterocycles. The highest BCUT2D eigenvalue weighted by Crippen LogP contribution is 2.31. The molecule has 0 bridgehead atoms. The predicted octanol–water partition coefficient (Wildman–Crippen LogP) is 0.929. The van der Waals surface area contributed by atoms with Gasteiger partial charge in [-0.15, -0.1) is 0 Å². The highest BCUT2D eigenvalue weighted by atomic mass is 16.7. The van der Waals surface area contributed by atoms with E-state index in [4.69, 9.17) is 13.9 Å². The number of H-pyrrole nitrogens is 1. The molecule has 1 aromatic heterocycles. The average Bonchev–Trinajstić information content (AvgIpc) is 2.78. The summed E-state index contributed by atoms with van der Waals surface area (Å²) in [5.74, 6) is -1.26. The Balaban J connectivity index is 1.92. The normalized spacial score (nSPS) is 27.8. The van der Waals surface area contributed by atoms with Gasteiger partial charge in [-0.25, -0.2) is 4.79 Å². The van der Waals surface area contributed by atoms with Crippen LogP contribution in [0.2, 0.25) is 0 Å². The number of fused-ring (bicyclic) bond motifs is 1. The molecule has 1 aromatic carbocycles. The molecule has 0 radical (unpaired) electrons. The smallest absolute Gasteiger partial charge is 0.408 e. The van der Waals surface area contributed by atoms with E-state index < -0.39 is 11.5 Å². The number of ether oxygens (including phenoxy) is 2. The molecule has 1 aliphatic heterocycles. The van der Waals surface area contributed by atoms with Crippen molar-refractivity contribution < 1.29 is 13.9 Å². The first kappa shape index (κ1) is 12.4. The van der Waals surface area contributed by atoms with Crippen molar-refractivity contribution >= 4 is 11.1 Å². The van der Waals surface area contributed by atoms with Crippen LogP contribution in [0.1, 0.15) is 12.5 Å². The molecule has 2 aromatic rings. The van der Waals surface area contributed by atoms with Crippen molar-refractivity contribution in [2.45, 2.75) is 18.8 Å². The number of benzene rings is 1. The van der Waals surface area contributed by atoms with Crippen LogP contribution in [-0.2, 0) is 15.3 Å². The van der Waals surface area contributed by atoms with Crippen LogP contribution < -0.4 is 11.1 Å². The molecular weight excluding hydrogens is 248 g/mol. The number of nitrogens with one attached hydrogen (secondary N) is 2. The van der Waals surface area contributed by atoms with Gasteiger partial charge in [-0.2, -0.15) is 0 Å². The number of oxazole rings is 1. The Morgan fingerprint density at radius 1 is 1.37 bits per heavy atom. The van der Waals surface area contributed by atoms with Crippen LogP contribution in [-0.4, -0.2) is 31.3 Å². The SMILES string of the molecule is CNC1COC(C)(c2ccc3oc(=O)[nH]c3c2)OC1. The van der Waals surface area contributed by atoms with E-state index in [0.717, 1.165) is 5.56 Å². The van der Waals surface area contributed by atoms with Crippen LogP contribution >= 0.6 is 0 Å². The first-order valence-corrected chi connectivity index (χ1v) is 6.19. The molecule has 0 atom stereocenters. The Labute approximate surface area is 109 Å². The lowest BCUT2D eigenvalue weighted by molar-refractivity contribution is -0.272. The molecule has 0 unspecified atom stereocenters. The third-order valence-corrected chi connectivity index (χ3v) is 3.47. The Morgan fingerprint density at radius 2 is 2.11 bits per heavy atom. The molecule has 0 spiro atoms. The maximum atomic E-state index is 11.1. The summed E-state index contributed by atoms with van der Waals surface area (Å²) >= 11 is 0. The zero-order valence-electron chi connectivity index (χ0n) is 10.9. The zero-order chi connectivity index (χ0) is 13.5. The van der Waals surface area contributed by atoms with E-state index in [-0.39, 0.29) is 6.04 Å². The second-order valence-corrected chi connectivity index (χ2v) is 4.78. The molecule has 19 heavy (non-hydrogen) atoms. The standard InChI is InChI=1S/C13H16N2O4/c1-13(17-6-9(14-2)7-18-13)8-3-4-11-10(5-8)15-12(16)19-11/h3-5,9,14H,6-7H2,1-2H3,(H,15,16). The molecule has 1 fully saturated rings. The van der Waals surface area contributed by atoms with Gasteiger partial charge in [0.1, 0.15) is 0 Å². The highest BCUT2D eigenvalue weighted by molar-refractivity contribution is 5.73. The minimum atomic E-state index is -0.796. The van der Waals surface area contributed by atoms with Crippen molar-refractivity contribution in [3.8, 4) is 0 Å². The second-order valence-electron chi connectivity index (χ2n) is 4.78. The van der Waals surface area contributed by atoms with Crippen LogP contribution in [0, 0.1) is 0 Å². The fraction of sp³-hybridized carbons (Fsp3) is 0.462. The number of aromatic nitrogens is 1. The molecule has 3 rings (SSSR count). The van der Waals surface area contributed by atoms with Gasteiger partial charge in [0.15, 0.2) is 11.4 Å². The molecule has 1 aliphatic rings. The van der Waals surface area contributed by atoms with Gasteiger partial charge in [0.25, 0.3) is 0 Å². The number of rotatable bonds is 2. The van der Waals surface area contributed by atoms with Crippen molar-refractivity contribution in [2.24, 2.45) is 0 Å². The topological polar surface area (TPSA) is 76.5 Å². The maximum Gasteiger partial charge on any atom is 0.417 e. The van der Waals surface area contributed by atoms with Gasteiger partial charge in [0, 0.05) is 5.56 Å². The van der Waals surface area contributed by atoms with Crippen LogP contribution in [0.5, 0.6) is 0 Å². The first-order chi connectivity index (χ1) is 9.10. The minimum Gasteiger partial charge on any atom is -0.408 e. The van der Waals surface area contributed by atoms with Crippen LogP contribution in [0.25, 0.3) is 11.1 Å². The fourth-order valence-corrected chi connectivity index (χ4v) is 2.18. The summed E-state index contributed by atoms with van der Waals surface area (Å²) in [7, 11) is 1.88. The van der Waals surface area contributed by atoms with E-state index in [1.54, 1.807) is 6.07 Å². The summed E-state index contributed by atoms with van der Waals surface area (Å²) < 4.78 is 16.6. The van der Waals surface area contributed by atoms with Gasteiger partial charge in [0.05, 0.1) is 24.8 Å². The van der Waals surface area contributed by atoms with E-state index in [1.165, 1.54) is 0 Å². The van der Waals surface area contributed by atoms with Crippen LogP contribution in [0.15, 0.2) is 27.4 Å². The van der Waals surface area contributed by atoms with Crippen molar-refractivity contribution in [2.75, 3.05) is 20.3 Å². The summed E-state index contributed by atoms with van der Waals surface area (Å²) in [6, 6.07) is 5.61. The van der Waals surface area contributed by atoms with Gasteiger partial charge >= 0.3 is 5.76 Å². The lowest BCUT2D eigenvalue weighted by atomic mass is 10.1.